The van der Waals surface area contributed by atoms with Gasteiger partial charge in [-0.2, -0.15) is 0 Å². The summed E-state index contributed by atoms with van der Waals surface area (Å²) in [7, 11) is 0. The van der Waals surface area contributed by atoms with Crippen LogP contribution in [0.3, 0.4) is 0 Å². The highest BCUT2D eigenvalue weighted by molar-refractivity contribution is 8.00. The van der Waals surface area contributed by atoms with Crippen LogP contribution in [0.25, 0.3) is 0 Å². The maximum atomic E-state index is 12.7. The zero-order valence-corrected chi connectivity index (χ0v) is 20.0. The third-order valence-corrected chi connectivity index (χ3v) is 6.46. The van der Waals surface area contributed by atoms with Crippen molar-refractivity contribution >= 4 is 58.5 Å². The van der Waals surface area contributed by atoms with Crippen molar-refractivity contribution in [2.45, 2.75) is 23.5 Å². The third-order valence-electron chi connectivity index (χ3n) is 4.87. The molecule has 35 heavy (non-hydrogen) atoms. The maximum absolute atomic E-state index is 12.7. The number of carboxylic acids is 2. The fourth-order valence-corrected chi connectivity index (χ4v) is 4.38. The number of amides is 2. The second kappa shape index (κ2) is 11.5. The molecule has 0 saturated heterocycles. The summed E-state index contributed by atoms with van der Waals surface area (Å²) in [6.45, 7) is 1.88. The molecule has 0 spiro atoms. The van der Waals surface area contributed by atoms with Crippen molar-refractivity contribution in [1.82, 2.24) is 0 Å². The second-order valence-corrected chi connectivity index (χ2v) is 9.08. The van der Waals surface area contributed by atoms with E-state index in [2.05, 4.69) is 10.6 Å². The lowest BCUT2D eigenvalue weighted by Crippen LogP contribution is -2.24. The first-order chi connectivity index (χ1) is 16.7. The van der Waals surface area contributed by atoms with Crippen LogP contribution in [0.2, 0.25) is 5.02 Å². The van der Waals surface area contributed by atoms with E-state index in [0.717, 1.165) is 17.0 Å². The van der Waals surface area contributed by atoms with E-state index in [4.69, 9.17) is 16.7 Å². The Kier molecular flexibility index (Phi) is 8.51. The first-order valence-corrected chi connectivity index (χ1v) is 11.7. The highest BCUT2D eigenvalue weighted by Gasteiger charge is 2.21. The molecule has 0 radical (unpaired) electrons. The lowest BCUT2D eigenvalue weighted by molar-refractivity contribution is -0.115. The summed E-state index contributed by atoms with van der Waals surface area (Å²) in [5.41, 5.74) is 0.151. The van der Waals surface area contributed by atoms with E-state index in [9.17, 15) is 24.3 Å². The van der Waals surface area contributed by atoms with E-state index in [1.807, 2.05) is 6.92 Å². The molecule has 0 aliphatic heterocycles. The van der Waals surface area contributed by atoms with Gasteiger partial charge in [0.15, 0.2) is 0 Å². The van der Waals surface area contributed by atoms with E-state index < -0.39 is 28.7 Å². The molecule has 1 unspecified atom stereocenters. The Morgan fingerprint density at radius 1 is 0.857 bits per heavy atom. The van der Waals surface area contributed by atoms with E-state index in [1.54, 1.807) is 48.5 Å². The van der Waals surface area contributed by atoms with E-state index in [-0.39, 0.29) is 17.0 Å². The van der Waals surface area contributed by atoms with Gasteiger partial charge >= 0.3 is 11.9 Å². The quantitative estimate of drug-likeness (QED) is 0.278. The minimum atomic E-state index is -1.42. The number of carboxylic acid groups (broad SMARTS) is 2. The summed E-state index contributed by atoms with van der Waals surface area (Å²) in [6, 6.07) is 16.9. The highest BCUT2D eigenvalue weighted by Crippen LogP contribution is 2.29. The number of hydrogen-bond donors (Lipinski definition) is 4. The lowest BCUT2D eigenvalue weighted by Gasteiger charge is -2.16. The number of anilines is 2. The molecule has 8 nitrogen and oxygen atoms in total. The Morgan fingerprint density at radius 2 is 1.54 bits per heavy atom. The van der Waals surface area contributed by atoms with E-state index >= 15 is 0 Å². The zero-order chi connectivity index (χ0) is 25.5. The molecule has 10 heteroatoms. The second-order valence-electron chi connectivity index (χ2n) is 7.37. The fraction of sp³-hybridized carbons (Fsp3) is 0.120. The van der Waals surface area contributed by atoms with Gasteiger partial charge in [-0.25, -0.2) is 9.59 Å². The number of halogens is 1. The van der Waals surface area contributed by atoms with E-state index in [1.165, 1.54) is 17.8 Å². The molecule has 3 aromatic carbocycles. The molecule has 4 N–H and O–H groups in total. The summed E-state index contributed by atoms with van der Waals surface area (Å²) >= 11 is 7.29. The molecule has 180 valence electrons. The Hall–Kier alpha value is -3.82. The lowest BCUT2D eigenvalue weighted by atomic mass is 10.0. The van der Waals surface area contributed by atoms with Gasteiger partial charge in [0.2, 0.25) is 5.91 Å². The predicted molar refractivity (Wildman–Crippen MR) is 135 cm³/mol. The number of nitrogens with one attached hydrogen (secondary N) is 2. The molecule has 0 aromatic heterocycles. The largest absolute Gasteiger partial charge is 0.478 e. The molecule has 0 fully saturated rings. The number of thioether (sulfide) groups is 1. The van der Waals surface area contributed by atoms with E-state index in [0.29, 0.717) is 22.8 Å². The summed E-state index contributed by atoms with van der Waals surface area (Å²) in [5, 5.41) is 24.1. The molecule has 2 amide bonds. The van der Waals surface area contributed by atoms with Crippen molar-refractivity contribution in [3.63, 3.8) is 0 Å². The molecular formula is C25H21ClN2O6S. The van der Waals surface area contributed by atoms with Gasteiger partial charge in [0.05, 0.1) is 21.9 Å². The topological polar surface area (TPSA) is 133 Å². The summed E-state index contributed by atoms with van der Waals surface area (Å²) < 4.78 is 0. The van der Waals surface area contributed by atoms with Crippen molar-refractivity contribution in [2.24, 2.45) is 0 Å². The van der Waals surface area contributed by atoms with Crippen molar-refractivity contribution in [1.29, 1.82) is 0 Å². The van der Waals surface area contributed by atoms with Gasteiger partial charge in [-0.1, -0.05) is 30.7 Å². The Balaban J connectivity index is 1.74. The SMILES string of the molecule is CCC(Sc1cccc(NC(=O)c2ccc(C(=O)O)cc2C(=O)O)c1)C(=O)Nc1cccc(Cl)c1. The highest BCUT2D eigenvalue weighted by atomic mass is 35.5. The van der Waals surface area contributed by atoms with Crippen LogP contribution in [0.1, 0.15) is 44.4 Å². The number of benzene rings is 3. The first kappa shape index (κ1) is 25.8. The van der Waals surface area contributed by atoms with Gasteiger partial charge in [0, 0.05) is 21.3 Å². The molecule has 0 saturated carbocycles. The van der Waals surface area contributed by atoms with Crippen LogP contribution in [0.5, 0.6) is 0 Å². The van der Waals surface area contributed by atoms with Gasteiger partial charge in [0.1, 0.15) is 0 Å². The van der Waals surface area contributed by atoms with Crippen LogP contribution in [0.15, 0.2) is 71.6 Å². The number of hydrogen-bond acceptors (Lipinski definition) is 5. The van der Waals surface area contributed by atoms with Crippen LogP contribution in [0, 0.1) is 0 Å². The van der Waals surface area contributed by atoms with Crippen LogP contribution < -0.4 is 10.6 Å². The molecule has 0 bridgehead atoms. The Labute approximate surface area is 210 Å². The summed E-state index contributed by atoms with van der Waals surface area (Å²) in [4.78, 5) is 48.9. The van der Waals surface area contributed by atoms with Crippen LogP contribution >= 0.6 is 23.4 Å². The zero-order valence-electron chi connectivity index (χ0n) is 18.4. The summed E-state index contributed by atoms with van der Waals surface area (Å²) in [5.74, 6) is -3.61. The number of rotatable bonds is 9. The molecule has 3 aromatic rings. The monoisotopic (exact) mass is 512 g/mol. The van der Waals surface area contributed by atoms with Crippen molar-refractivity contribution in [3.05, 3.63) is 88.4 Å². The molecule has 1 atom stereocenters. The van der Waals surface area contributed by atoms with Crippen LogP contribution in [-0.4, -0.2) is 39.2 Å². The summed E-state index contributed by atoms with van der Waals surface area (Å²) in [6.07, 6.45) is 0.547. The van der Waals surface area contributed by atoms with Crippen molar-refractivity contribution < 1.29 is 29.4 Å². The minimum absolute atomic E-state index is 0.173. The Bertz CT molecular complexity index is 1300. The number of aromatic carboxylic acids is 2. The van der Waals surface area contributed by atoms with Crippen molar-refractivity contribution in [3.8, 4) is 0 Å². The van der Waals surface area contributed by atoms with Crippen LogP contribution in [0.4, 0.5) is 11.4 Å². The van der Waals surface area contributed by atoms with Gasteiger partial charge in [-0.05, 0) is 61.0 Å². The number of carbonyl (C=O) groups is 4. The molecule has 0 aliphatic rings. The van der Waals surface area contributed by atoms with Crippen molar-refractivity contribution in [2.75, 3.05) is 10.6 Å². The standard InChI is InChI=1S/C25H21ClN2O6S/c1-2-21(23(30)28-16-6-3-5-15(26)12-16)35-18-8-4-7-17(13-18)27-22(29)19-10-9-14(24(31)32)11-20(19)25(33)34/h3-13,21H,2H2,1H3,(H,27,29)(H,28,30)(H,31,32)(H,33,34). The predicted octanol–water partition coefficient (Wildman–Crippen LogP) is 5.50. The first-order valence-electron chi connectivity index (χ1n) is 10.4. The molecule has 0 aliphatic carbocycles. The third kappa shape index (κ3) is 6.84. The van der Waals surface area contributed by atoms with Gasteiger partial charge in [-0.15, -0.1) is 11.8 Å². The van der Waals surface area contributed by atoms with Gasteiger partial charge < -0.3 is 20.8 Å². The molecule has 0 heterocycles. The minimum Gasteiger partial charge on any atom is -0.478 e. The fourth-order valence-electron chi connectivity index (χ4n) is 3.17. The molecular weight excluding hydrogens is 492 g/mol. The molecule has 3 rings (SSSR count). The average Bonchev–Trinajstić information content (AvgIpc) is 2.82. The average molecular weight is 513 g/mol. The van der Waals surface area contributed by atoms with Crippen LogP contribution in [-0.2, 0) is 4.79 Å². The normalized spacial score (nSPS) is 11.4. The van der Waals surface area contributed by atoms with Gasteiger partial charge in [-0.3, -0.25) is 9.59 Å². The Morgan fingerprint density at radius 3 is 2.17 bits per heavy atom. The smallest absolute Gasteiger partial charge is 0.336 e. The maximum Gasteiger partial charge on any atom is 0.336 e. The van der Waals surface area contributed by atoms with Gasteiger partial charge in [0.25, 0.3) is 5.91 Å². The number of carbonyl (C=O) groups excluding carboxylic acids is 2.